The fraction of sp³-hybridized carbons (Fsp3) is 0.533. The largest absolute Gasteiger partial charge is 0.338 e. The van der Waals surface area contributed by atoms with Crippen molar-refractivity contribution in [1.29, 1.82) is 0 Å². The van der Waals surface area contributed by atoms with E-state index in [4.69, 9.17) is 0 Å². The van der Waals surface area contributed by atoms with E-state index in [1.54, 1.807) is 0 Å². The maximum atomic E-state index is 11.6. The van der Waals surface area contributed by atoms with E-state index in [1.807, 2.05) is 13.0 Å². The molecule has 1 aliphatic rings. The van der Waals surface area contributed by atoms with E-state index in [2.05, 4.69) is 34.9 Å². The quantitative estimate of drug-likeness (QED) is 0.842. The highest BCUT2D eigenvalue weighted by Gasteiger charge is 2.35. The summed E-state index contributed by atoms with van der Waals surface area (Å²) >= 11 is 0. The standard InChI is InChI=1S/C15H22N2O/c1-2-16-14(18)17-12-15(10-6-7-11-15)13-8-4-3-5-9-13/h3-5,8-9H,2,6-7,10-12H2,1H3,(H2,16,17,18). The molecule has 1 fully saturated rings. The Labute approximate surface area is 109 Å². The number of hydrogen-bond acceptors (Lipinski definition) is 1. The summed E-state index contributed by atoms with van der Waals surface area (Å²) in [7, 11) is 0. The van der Waals surface area contributed by atoms with Crippen molar-refractivity contribution < 1.29 is 4.79 Å². The highest BCUT2D eigenvalue weighted by atomic mass is 16.2. The number of amides is 2. The molecule has 3 nitrogen and oxygen atoms in total. The molecular formula is C15H22N2O. The van der Waals surface area contributed by atoms with Crippen LogP contribution in [0.15, 0.2) is 30.3 Å². The molecule has 0 bridgehead atoms. The first-order valence-corrected chi connectivity index (χ1v) is 6.84. The van der Waals surface area contributed by atoms with Gasteiger partial charge in [-0.15, -0.1) is 0 Å². The molecule has 2 N–H and O–H groups in total. The molecular weight excluding hydrogens is 224 g/mol. The van der Waals surface area contributed by atoms with E-state index in [1.165, 1.54) is 31.2 Å². The van der Waals surface area contributed by atoms with E-state index < -0.39 is 0 Å². The number of urea groups is 1. The van der Waals surface area contributed by atoms with Crippen LogP contribution in [0.4, 0.5) is 4.79 Å². The molecule has 1 aromatic rings. The normalized spacial score (nSPS) is 17.4. The molecule has 1 aliphatic carbocycles. The van der Waals surface area contributed by atoms with Gasteiger partial charge in [0, 0.05) is 18.5 Å². The van der Waals surface area contributed by atoms with Crippen LogP contribution in [0.5, 0.6) is 0 Å². The first-order chi connectivity index (χ1) is 8.77. The Morgan fingerprint density at radius 3 is 2.44 bits per heavy atom. The highest BCUT2D eigenvalue weighted by Crippen LogP contribution is 2.40. The van der Waals surface area contributed by atoms with Gasteiger partial charge in [0.25, 0.3) is 0 Å². The molecule has 18 heavy (non-hydrogen) atoms. The third-order valence-corrected chi connectivity index (χ3v) is 3.87. The maximum absolute atomic E-state index is 11.6. The molecule has 0 radical (unpaired) electrons. The zero-order valence-electron chi connectivity index (χ0n) is 11.0. The second-order valence-electron chi connectivity index (χ2n) is 5.07. The molecule has 2 amide bonds. The zero-order chi connectivity index (χ0) is 12.8. The van der Waals surface area contributed by atoms with E-state index in [0.29, 0.717) is 6.54 Å². The van der Waals surface area contributed by atoms with Gasteiger partial charge < -0.3 is 10.6 Å². The molecule has 1 aromatic carbocycles. The average molecular weight is 246 g/mol. The second kappa shape index (κ2) is 5.89. The summed E-state index contributed by atoms with van der Waals surface area (Å²) in [5.74, 6) is 0. The van der Waals surface area contributed by atoms with E-state index in [0.717, 1.165) is 6.54 Å². The molecule has 0 heterocycles. The van der Waals surface area contributed by atoms with Gasteiger partial charge in [0.15, 0.2) is 0 Å². The molecule has 0 aliphatic heterocycles. The highest BCUT2D eigenvalue weighted by molar-refractivity contribution is 5.73. The first-order valence-electron chi connectivity index (χ1n) is 6.84. The van der Waals surface area contributed by atoms with Crippen LogP contribution in [0, 0.1) is 0 Å². The van der Waals surface area contributed by atoms with E-state index in [-0.39, 0.29) is 11.4 Å². The van der Waals surface area contributed by atoms with Crippen molar-refractivity contribution in [1.82, 2.24) is 10.6 Å². The van der Waals surface area contributed by atoms with Crippen molar-refractivity contribution >= 4 is 6.03 Å². The van der Waals surface area contributed by atoms with Crippen molar-refractivity contribution in [3.8, 4) is 0 Å². The smallest absolute Gasteiger partial charge is 0.314 e. The van der Waals surface area contributed by atoms with Gasteiger partial charge in [-0.3, -0.25) is 0 Å². The van der Waals surface area contributed by atoms with Crippen LogP contribution < -0.4 is 10.6 Å². The summed E-state index contributed by atoms with van der Waals surface area (Å²) in [6, 6.07) is 10.5. The minimum absolute atomic E-state index is 0.0558. The molecule has 1 saturated carbocycles. The zero-order valence-corrected chi connectivity index (χ0v) is 11.0. The number of rotatable bonds is 4. The second-order valence-corrected chi connectivity index (χ2v) is 5.07. The van der Waals surface area contributed by atoms with Gasteiger partial charge in [0.1, 0.15) is 0 Å². The lowest BCUT2D eigenvalue weighted by Crippen LogP contribution is -2.43. The van der Waals surface area contributed by atoms with Crippen molar-refractivity contribution in [2.45, 2.75) is 38.0 Å². The molecule has 0 atom stereocenters. The lowest BCUT2D eigenvalue weighted by molar-refractivity contribution is 0.237. The summed E-state index contributed by atoms with van der Waals surface area (Å²) in [5.41, 5.74) is 1.51. The van der Waals surface area contributed by atoms with Gasteiger partial charge in [-0.1, -0.05) is 43.2 Å². The first kappa shape index (κ1) is 12.9. The summed E-state index contributed by atoms with van der Waals surface area (Å²) in [5, 5.41) is 5.80. The fourth-order valence-corrected chi connectivity index (χ4v) is 2.88. The summed E-state index contributed by atoms with van der Waals surface area (Å²) in [4.78, 5) is 11.6. The summed E-state index contributed by atoms with van der Waals surface area (Å²) in [6.07, 6.45) is 4.85. The summed E-state index contributed by atoms with van der Waals surface area (Å²) in [6.45, 7) is 3.34. The van der Waals surface area contributed by atoms with Crippen LogP contribution in [-0.2, 0) is 5.41 Å². The van der Waals surface area contributed by atoms with E-state index in [9.17, 15) is 4.79 Å². The van der Waals surface area contributed by atoms with E-state index >= 15 is 0 Å². The van der Waals surface area contributed by atoms with Gasteiger partial charge in [0.2, 0.25) is 0 Å². The SMILES string of the molecule is CCNC(=O)NCC1(c2ccccc2)CCCC1. The molecule has 2 rings (SSSR count). The Bertz CT molecular complexity index is 383. The van der Waals surface area contributed by atoms with Crippen molar-refractivity contribution in [2.24, 2.45) is 0 Å². The number of carbonyl (C=O) groups excluding carboxylic acids is 1. The third kappa shape index (κ3) is 2.84. The number of benzene rings is 1. The Hall–Kier alpha value is -1.51. The number of nitrogens with one attached hydrogen (secondary N) is 2. The Kier molecular flexibility index (Phi) is 4.24. The van der Waals surface area contributed by atoms with Crippen LogP contribution in [-0.4, -0.2) is 19.1 Å². The Morgan fingerprint density at radius 1 is 1.17 bits per heavy atom. The molecule has 98 valence electrons. The van der Waals surface area contributed by atoms with Gasteiger partial charge in [-0.2, -0.15) is 0 Å². The Balaban J connectivity index is 2.06. The molecule has 0 aromatic heterocycles. The van der Waals surface area contributed by atoms with Crippen LogP contribution in [0.1, 0.15) is 38.2 Å². The van der Waals surface area contributed by atoms with Crippen LogP contribution in [0.2, 0.25) is 0 Å². The molecule has 3 heteroatoms. The molecule has 0 saturated heterocycles. The van der Waals surface area contributed by atoms with Gasteiger partial charge in [0.05, 0.1) is 0 Å². The fourth-order valence-electron chi connectivity index (χ4n) is 2.88. The predicted octanol–water partition coefficient (Wildman–Crippen LogP) is 2.82. The van der Waals surface area contributed by atoms with Crippen LogP contribution in [0.25, 0.3) is 0 Å². The van der Waals surface area contributed by atoms with Crippen LogP contribution >= 0.6 is 0 Å². The summed E-state index contributed by atoms with van der Waals surface area (Å²) < 4.78 is 0. The van der Waals surface area contributed by atoms with Crippen molar-refractivity contribution in [3.05, 3.63) is 35.9 Å². The lowest BCUT2D eigenvalue weighted by atomic mass is 9.79. The third-order valence-electron chi connectivity index (χ3n) is 3.87. The Morgan fingerprint density at radius 2 is 1.83 bits per heavy atom. The topological polar surface area (TPSA) is 41.1 Å². The maximum Gasteiger partial charge on any atom is 0.314 e. The minimum Gasteiger partial charge on any atom is -0.338 e. The number of carbonyl (C=O) groups is 1. The predicted molar refractivity (Wildman–Crippen MR) is 73.7 cm³/mol. The molecule has 0 spiro atoms. The minimum atomic E-state index is -0.0558. The molecule has 0 unspecified atom stereocenters. The van der Waals surface area contributed by atoms with Crippen LogP contribution in [0.3, 0.4) is 0 Å². The van der Waals surface area contributed by atoms with Gasteiger partial charge in [-0.05, 0) is 25.3 Å². The van der Waals surface area contributed by atoms with Crippen molar-refractivity contribution in [3.63, 3.8) is 0 Å². The monoisotopic (exact) mass is 246 g/mol. The average Bonchev–Trinajstić information content (AvgIpc) is 2.88. The lowest BCUT2D eigenvalue weighted by Gasteiger charge is -2.30. The van der Waals surface area contributed by atoms with Crippen molar-refractivity contribution in [2.75, 3.05) is 13.1 Å². The number of hydrogen-bond donors (Lipinski definition) is 2. The van der Waals surface area contributed by atoms with Gasteiger partial charge >= 0.3 is 6.03 Å². The van der Waals surface area contributed by atoms with Gasteiger partial charge in [-0.25, -0.2) is 4.79 Å².